The van der Waals surface area contributed by atoms with Crippen LogP contribution in [0.5, 0.6) is 5.75 Å². The maximum atomic E-state index is 12.7. The topological polar surface area (TPSA) is 48.3 Å². The number of anilines is 1. The van der Waals surface area contributed by atoms with Crippen LogP contribution in [0.25, 0.3) is 11.4 Å². The van der Waals surface area contributed by atoms with Crippen LogP contribution in [0.2, 0.25) is 0 Å². The molecule has 1 aromatic heterocycles. The Balaban J connectivity index is 2.42. The number of hydrogen-bond acceptors (Lipinski definition) is 4. The second kappa shape index (κ2) is 6.27. The first kappa shape index (κ1) is 16.2. The maximum absolute atomic E-state index is 12.7. The monoisotopic (exact) mass is 315 g/mol. The molecule has 0 aliphatic rings. The van der Waals surface area contributed by atoms with E-state index in [2.05, 4.69) is 10.3 Å². The van der Waals surface area contributed by atoms with Crippen LogP contribution in [-0.4, -0.2) is 30.5 Å². The molecule has 2 aromatic rings. The van der Waals surface area contributed by atoms with Gasteiger partial charge >= 0.3 is 6.18 Å². The van der Waals surface area contributed by atoms with E-state index in [-0.39, 0.29) is 12.6 Å². The lowest BCUT2D eigenvalue weighted by atomic mass is 10.1. The first-order chi connectivity index (χ1) is 10.4. The van der Waals surface area contributed by atoms with Crippen molar-refractivity contribution in [1.29, 1.82) is 0 Å². The molecule has 0 fully saturated rings. The summed E-state index contributed by atoms with van der Waals surface area (Å²) < 4.78 is 49.8. The highest BCUT2D eigenvalue weighted by molar-refractivity contribution is 5.67. The van der Waals surface area contributed by atoms with Crippen LogP contribution in [0.1, 0.15) is 5.69 Å². The van der Waals surface area contributed by atoms with Gasteiger partial charge in [-0.15, -0.1) is 0 Å². The Kier molecular flexibility index (Phi) is 4.60. The predicted octanol–water partition coefficient (Wildman–Crippen LogP) is 3.13. The van der Waals surface area contributed by atoms with E-state index in [9.17, 15) is 13.2 Å². The Morgan fingerprint density at radius 1 is 1.32 bits per heavy atom. The Morgan fingerprint density at radius 3 is 2.59 bits per heavy atom. The predicted molar refractivity (Wildman–Crippen MR) is 75.7 cm³/mol. The number of aryl methyl sites for hydroxylation is 1. The first-order valence-electron chi connectivity index (χ1n) is 6.41. The SMILES string of the molecule is CNc1ccc(-c2nc(C(F)(F)F)cn2C)cc1OCOC. The van der Waals surface area contributed by atoms with Gasteiger partial charge < -0.3 is 19.4 Å². The van der Waals surface area contributed by atoms with Crippen molar-refractivity contribution in [3.8, 4) is 17.1 Å². The lowest BCUT2D eigenvalue weighted by Crippen LogP contribution is -2.05. The molecule has 1 aromatic carbocycles. The van der Waals surface area contributed by atoms with Gasteiger partial charge in [-0.1, -0.05) is 0 Å². The third kappa shape index (κ3) is 3.33. The summed E-state index contributed by atoms with van der Waals surface area (Å²) >= 11 is 0. The van der Waals surface area contributed by atoms with E-state index in [4.69, 9.17) is 9.47 Å². The fourth-order valence-corrected chi connectivity index (χ4v) is 1.98. The van der Waals surface area contributed by atoms with Gasteiger partial charge in [-0.25, -0.2) is 4.98 Å². The minimum Gasteiger partial charge on any atom is -0.465 e. The molecule has 0 spiro atoms. The molecule has 0 saturated carbocycles. The van der Waals surface area contributed by atoms with Crippen LogP contribution in [0, 0.1) is 0 Å². The second-order valence-corrected chi connectivity index (χ2v) is 4.57. The van der Waals surface area contributed by atoms with Gasteiger partial charge in [-0.05, 0) is 18.2 Å². The van der Waals surface area contributed by atoms with E-state index in [0.717, 1.165) is 6.20 Å². The molecular weight excluding hydrogens is 299 g/mol. The number of rotatable bonds is 5. The van der Waals surface area contributed by atoms with Crippen molar-refractivity contribution in [3.05, 3.63) is 30.1 Å². The van der Waals surface area contributed by atoms with E-state index in [0.29, 0.717) is 17.0 Å². The number of ether oxygens (including phenoxy) is 2. The molecule has 0 aliphatic carbocycles. The van der Waals surface area contributed by atoms with Gasteiger partial charge in [0.05, 0.1) is 5.69 Å². The summed E-state index contributed by atoms with van der Waals surface area (Å²) in [7, 11) is 4.72. The van der Waals surface area contributed by atoms with Gasteiger partial charge in [-0.3, -0.25) is 0 Å². The van der Waals surface area contributed by atoms with Crippen LogP contribution in [0.3, 0.4) is 0 Å². The highest BCUT2D eigenvalue weighted by atomic mass is 19.4. The number of alkyl halides is 3. The molecule has 1 heterocycles. The Labute approximate surface area is 125 Å². The number of nitrogens with one attached hydrogen (secondary N) is 1. The van der Waals surface area contributed by atoms with Crippen molar-refractivity contribution in [1.82, 2.24) is 9.55 Å². The zero-order valence-electron chi connectivity index (χ0n) is 12.4. The van der Waals surface area contributed by atoms with Crippen molar-refractivity contribution in [2.24, 2.45) is 7.05 Å². The summed E-state index contributed by atoms with van der Waals surface area (Å²) in [6, 6.07) is 5.00. The molecule has 0 radical (unpaired) electrons. The fraction of sp³-hybridized carbons (Fsp3) is 0.357. The van der Waals surface area contributed by atoms with E-state index in [1.807, 2.05) is 0 Å². The molecule has 8 heteroatoms. The molecule has 0 amide bonds. The normalized spacial score (nSPS) is 11.5. The third-order valence-electron chi connectivity index (χ3n) is 3.01. The van der Waals surface area contributed by atoms with Crippen LogP contribution < -0.4 is 10.1 Å². The van der Waals surface area contributed by atoms with E-state index >= 15 is 0 Å². The Morgan fingerprint density at radius 2 is 2.05 bits per heavy atom. The zero-order chi connectivity index (χ0) is 16.3. The van der Waals surface area contributed by atoms with Crippen molar-refractivity contribution >= 4 is 5.69 Å². The molecule has 1 N–H and O–H groups in total. The van der Waals surface area contributed by atoms with Crippen molar-refractivity contribution in [2.45, 2.75) is 6.18 Å². The molecule has 120 valence electrons. The molecule has 0 saturated heterocycles. The van der Waals surface area contributed by atoms with Crippen LogP contribution in [0.15, 0.2) is 24.4 Å². The molecule has 0 aliphatic heterocycles. The number of halogens is 3. The lowest BCUT2D eigenvalue weighted by molar-refractivity contribution is -0.140. The summed E-state index contributed by atoms with van der Waals surface area (Å²) in [6.45, 7) is 0.0342. The largest absolute Gasteiger partial charge is 0.465 e. The van der Waals surface area contributed by atoms with Crippen LogP contribution >= 0.6 is 0 Å². The van der Waals surface area contributed by atoms with Gasteiger partial charge in [0.1, 0.15) is 11.6 Å². The van der Waals surface area contributed by atoms with Gasteiger partial charge in [0.25, 0.3) is 0 Å². The summed E-state index contributed by atoms with van der Waals surface area (Å²) in [5, 5.41) is 2.94. The first-order valence-corrected chi connectivity index (χ1v) is 6.41. The molecule has 0 bridgehead atoms. The minimum absolute atomic E-state index is 0.0342. The van der Waals surface area contributed by atoms with Gasteiger partial charge in [0.15, 0.2) is 12.5 Å². The number of aromatic nitrogens is 2. The highest BCUT2D eigenvalue weighted by Gasteiger charge is 2.34. The number of imidazole rings is 1. The van der Waals surface area contributed by atoms with Gasteiger partial charge in [-0.2, -0.15) is 13.2 Å². The molecular formula is C14H16F3N3O2. The quantitative estimate of drug-likeness (QED) is 0.861. The average molecular weight is 315 g/mol. The standard InChI is InChI=1S/C14H16F3N3O2/c1-18-10-5-4-9(6-11(10)22-8-21-3)13-19-12(7-20(13)2)14(15,16)17/h4-7,18H,8H2,1-3H3. The van der Waals surface area contributed by atoms with Crippen LogP contribution in [-0.2, 0) is 18.0 Å². The van der Waals surface area contributed by atoms with E-state index in [1.54, 1.807) is 25.2 Å². The minimum atomic E-state index is -4.48. The number of methoxy groups -OCH3 is 1. The van der Waals surface area contributed by atoms with Gasteiger partial charge in [0.2, 0.25) is 0 Å². The van der Waals surface area contributed by atoms with E-state index < -0.39 is 11.9 Å². The summed E-state index contributed by atoms with van der Waals surface area (Å²) in [4.78, 5) is 3.66. The summed E-state index contributed by atoms with van der Waals surface area (Å²) in [6.07, 6.45) is -3.52. The smallest absolute Gasteiger partial charge is 0.434 e. The molecule has 22 heavy (non-hydrogen) atoms. The van der Waals surface area contributed by atoms with Crippen molar-refractivity contribution in [3.63, 3.8) is 0 Å². The van der Waals surface area contributed by atoms with E-state index in [1.165, 1.54) is 18.7 Å². The maximum Gasteiger partial charge on any atom is 0.434 e. The van der Waals surface area contributed by atoms with Crippen molar-refractivity contribution < 1.29 is 22.6 Å². The highest BCUT2D eigenvalue weighted by Crippen LogP contribution is 2.33. The molecule has 2 rings (SSSR count). The average Bonchev–Trinajstić information content (AvgIpc) is 2.87. The molecule has 5 nitrogen and oxygen atoms in total. The Bertz CT molecular complexity index is 653. The summed E-state index contributed by atoms with van der Waals surface area (Å²) in [5.41, 5.74) is 0.288. The fourth-order valence-electron chi connectivity index (χ4n) is 1.98. The molecule has 0 atom stereocenters. The lowest BCUT2D eigenvalue weighted by Gasteiger charge is -2.12. The number of benzene rings is 1. The third-order valence-corrected chi connectivity index (χ3v) is 3.01. The summed E-state index contributed by atoms with van der Waals surface area (Å²) in [5.74, 6) is 0.677. The van der Waals surface area contributed by atoms with Crippen molar-refractivity contribution in [2.75, 3.05) is 26.3 Å². The molecule has 0 unspecified atom stereocenters. The zero-order valence-corrected chi connectivity index (χ0v) is 12.4. The number of nitrogens with zero attached hydrogens (tertiary/aromatic N) is 2. The second-order valence-electron chi connectivity index (χ2n) is 4.57. The number of hydrogen-bond donors (Lipinski definition) is 1. The Hall–Kier alpha value is -2.22. The van der Waals surface area contributed by atoms with Gasteiger partial charge in [0, 0.05) is 33.0 Å². The van der Waals surface area contributed by atoms with Crippen LogP contribution in [0.4, 0.5) is 18.9 Å².